The van der Waals surface area contributed by atoms with E-state index in [1.165, 1.54) is 45.2 Å². The van der Waals surface area contributed by atoms with Crippen molar-refractivity contribution in [3.63, 3.8) is 0 Å². The highest BCUT2D eigenvalue weighted by atomic mass is 16.3. The summed E-state index contributed by atoms with van der Waals surface area (Å²) in [7, 11) is 0. The van der Waals surface area contributed by atoms with Crippen molar-refractivity contribution in [2.45, 2.75) is 50.5 Å². The van der Waals surface area contributed by atoms with E-state index in [0.717, 1.165) is 18.8 Å². The van der Waals surface area contributed by atoms with Gasteiger partial charge in [-0.05, 0) is 62.9 Å². The third-order valence-corrected chi connectivity index (χ3v) is 6.08. The van der Waals surface area contributed by atoms with Gasteiger partial charge in [-0.25, -0.2) is 0 Å². The number of hydrogen-bond acceptors (Lipinski definition) is 3. The smallest absolute Gasteiger partial charge is 0.0463 e. The maximum atomic E-state index is 9.69. The molecule has 0 bridgehead atoms. The molecule has 3 nitrogen and oxygen atoms in total. The molecule has 4 atom stereocenters. The summed E-state index contributed by atoms with van der Waals surface area (Å²) in [5, 5.41) is 19.1. The third-order valence-electron chi connectivity index (χ3n) is 6.08. The molecule has 2 saturated heterocycles. The molecule has 0 aromatic rings. The standard InChI is InChI=1S/C15H27NO2/c17-10-6-14-12(11-18)4-8-16-9-5-13-3-1-2-7-15(13,14)16/h12-14,17-18H,1-11H2/t12?,13?,14?,15-/m0/s1. The van der Waals surface area contributed by atoms with Gasteiger partial charge < -0.3 is 10.2 Å². The summed E-state index contributed by atoms with van der Waals surface area (Å²) in [5.74, 6) is 1.78. The molecule has 3 aliphatic rings. The van der Waals surface area contributed by atoms with Crippen molar-refractivity contribution in [2.24, 2.45) is 17.8 Å². The van der Waals surface area contributed by atoms with Gasteiger partial charge in [-0.15, -0.1) is 0 Å². The van der Waals surface area contributed by atoms with Crippen LogP contribution in [-0.2, 0) is 0 Å². The summed E-state index contributed by atoms with van der Waals surface area (Å²) in [5.41, 5.74) is 0.340. The molecule has 18 heavy (non-hydrogen) atoms. The molecular formula is C15H27NO2. The first-order valence-corrected chi connectivity index (χ1v) is 7.79. The van der Waals surface area contributed by atoms with E-state index in [1.807, 2.05) is 0 Å². The number of nitrogens with zero attached hydrogens (tertiary/aromatic N) is 1. The minimum Gasteiger partial charge on any atom is -0.396 e. The molecule has 104 valence electrons. The van der Waals surface area contributed by atoms with E-state index in [2.05, 4.69) is 4.90 Å². The topological polar surface area (TPSA) is 43.7 Å². The van der Waals surface area contributed by atoms with Crippen LogP contribution in [0.1, 0.15) is 44.9 Å². The van der Waals surface area contributed by atoms with Crippen LogP contribution in [0.5, 0.6) is 0 Å². The predicted octanol–water partition coefficient (Wildman–Crippen LogP) is 1.63. The lowest BCUT2D eigenvalue weighted by Crippen LogP contribution is -2.61. The summed E-state index contributed by atoms with van der Waals surface area (Å²) >= 11 is 0. The fraction of sp³-hybridized carbons (Fsp3) is 1.00. The van der Waals surface area contributed by atoms with Crippen molar-refractivity contribution in [2.75, 3.05) is 26.3 Å². The lowest BCUT2D eigenvalue weighted by molar-refractivity contribution is -0.0756. The van der Waals surface area contributed by atoms with Gasteiger partial charge in [0.05, 0.1) is 0 Å². The average molecular weight is 253 g/mol. The van der Waals surface area contributed by atoms with E-state index in [9.17, 15) is 10.2 Å². The number of rotatable bonds is 3. The van der Waals surface area contributed by atoms with Gasteiger partial charge in [0.25, 0.3) is 0 Å². The van der Waals surface area contributed by atoms with Gasteiger partial charge in [0, 0.05) is 18.8 Å². The normalized spacial score (nSPS) is 44.7. The fourth-order valence-corrected chi connectivity index (χ4v) is 5.40. The second-order valence-electron chi connectivity index (χ2n) is 6.56. The molecule has 3 unspecified atom stereocenters. The first kappa shape index (κ1) is 12.9. The van der Waals surface area contributed by atoms with Crippen LogP contribution in [0.4, 0.5) is 0 Å². The molecule has 2 N–H and O–H groups in total. The molecule has 3 heteroatoms. The molecule has 2 aliphatic heterocycles. The highest BCUT2D eigenvalue weighted by Crippen LogP contribution is 2.55. The third kappa shape index (κ3) is 1.75. The highest BCUT2D eigenvalue weighted by Gasteiger charge is 2.57. The van der Waals surface area contributed by atoms with E-state index in [-0.39, 0.29) is 6.61 Å². The SMILES string of the molecule is OCCC1C(CO)CCN2CCC3CCCC[C@]312. The molecule has 0 amide bonds. The molecule has 0 aromatic heterocycles. The number of hydrogen-bond donors (Lipinski definition) is 2. The van der Waals surface area contributed by atoms with E-state index in [4.69, 9.17) is 0 Å². The maximum Gasteiger partial charge on any atom is 0.0463 e. The van der Waals surface area contributed by atoms with Crippen LogP contribution >= 0.6 is 0 Å². The van der Waals surface area contributed by atoms with Gasteiger partial charge in [0.15, 0.2) is 0 Å². The van der Waals surface area contributed by atoms with Crippen LogP contribution in [0.3, 0.4) is 0 Å². The fourth-order valence-electron chi connectivity index (χ4n) is 5.40. The van der Waals surface area contributed by atoms with Gasteiger partial charge >= 0.3 is 0 Å². The first-order chi connectivity index (χ1) is 8.82. The molecule has 0 radical (unpaired) electrons. The summed E-state index contributed by atoms with van der Waals surface area (Å²) in [4.78, 5) is 2.73. The van der Waals surface area contributed by atoms with E-state index < -0.39 is 0 Å². The highest BCUT2D eigenvalue weighted by molar-refractivity contribution is 5.10. The minimum atomic E-state index is 0.281. The second kappa shape index (κ2) is 5.10. The van der Waals surface area contributed by atoms with Crippen molar-refractivity contribution >= 4 is 0 Å². The largest absolute Gasteiger partial charge is 0.396 e. The quantitative estimate of drug-likeness (QED) is 0.803. The molecule has 1 spiro atoms. The summed E-state index contributed by atoms with van der Waals surface area (Å²) in [6.07, 6.45) is 8.76. The van der Waals surface area contributed by atoms with Gasteiger partial charge in [-0.3, -0.25) is 4.90 Å². The Kier molecular flexibility index (Phi) is 3.65. The van der Waals surface area contributed by atoms with Crippen molar-refractivity contribution < 1.29 is 10.2 Å². The van der Waals surface area contributed by atoms with Gasteiger partial charge in [0.2, 0.25) is 0 Å². The van der Waals surface area contributed by atoms with Crippen LogP contribution in [0.15, 0.2) is 0 Å². The number of aliphatic hydroxyl groups excluding tert-OH is 2. The Morgan fingerprint density at radius 3 is 2.67 bits per heavy atom. The lowest BCUT2D eigenvalue weighted by Gasteiger charge is -2.56. The van der Waals surface area contributed by atoms with Gasteiger partial charge in [-0.1, -0.05) is 12.8 Å². The molecule has 1 saturated carbocycles. The zero-order valence-corrected chi connectivity index (χ0v) is 11.4. The Morgan fingerprint density at radius 1 is 1.06 bits per heavy atom. The van der Waals surface area contributed by atoms with Gasteiger partial charge in [-0.2, -0.15) is 0 Å². The van der Waals surface area contributed by atoms with Gasteiger partial charge in [0.1, 0.15) is 0 Å². The lowest BCUT2D eigenvalue weighted by atomic mass is 9.60. The summed E-state index contributed by atoms with van der Waals surface area (Å²) in [6.45, 7) is 3.02. The summed E-state index contributed by atoms with van der Waals surface area (Å²) in [6, 6.07) is 0. The number of aliphatic hydroxyl groups is 2. The van der Waals surface area contributed by atoms with Crippen molar-refractivity contribution in [3.8, 4) is 0 Å². The number of piperidine rings is 1. The van der Waals surface area contributed by atoms with Crippen LogP contribution < -0.4 is 0 Å². The van der Waals surface area contributed by atoms with E-state index in [0.29, 0.717) is 24.0 Å². The Labute approximate surface area is 110 Å². The van der Waals surface area contributed by atoms with Crippen molar-refractivity contribution in [1.82, 2.24) is 4.90 Å². The van der Waals surface area contributed by atoms with Crippen LogP contribution in [0, 0.1) is 17.8 Å². The zero-order valence-electron chi connectivity index (χ0n) is 11.4. The average Bonchev–Trinajstić information content (AvgIpc) is 2.79. The Balaban J connectivity index is 1.92. The molecule has 2 heterocycles. The maximum absolute atomic E-state index is 9.69. The molecule has 0 aromatic carbocycles. The predicted molar refractivity (Wildman–Crippen MR) is 71.3 cm³/mol. The minimum absolute atomic E-state index is 0.281. The monoisotopic (exact) mass is 253 g/mol. The second-order valence-corrected chi connectivity index (χ2v) is 6.56. The molecular weight excluding hydrogens is 226 g/mol. The zero-order chi connectivity index (χ0) is 12.6. The van der Waals surface area contributed by atoms with E-state index >= 15 is 0 Å². The molecule has 3 fully saturated rings. The van der Waals surface area contributed by atoms with Crippen molar-refractivity contribution in [3.05, 3.63) is 0 Å². The van der Waals surface area contributed by atoms with Crippen molar-refractivity contribution in [1.29, 1.82) is 0 Å². The van der Waals surface area contributed by atoms with Crippen LogP contribution in [-0.4, -0.2) is 47.0 Å². The summed E-state index contributed by atoms with van der Waals surface area (Å²) < 4.78 is 0. The Bertz CT molecular complexity index is 288. The Hall–Kier alpha value is -0.120. The van der Waals surface area contributed by atoms with Crippen LogP contribution in [0.2, 0.25) is 0 Å². The Morgan fingerprint density at radius 2 is 1.89 bits per heavy atom. The molecule has 3 rings (SSSR count). The van der Waals surface area contributed by atoms with Crippen LogP contribution in [0.25, 0.3) is 0 Å². The molecule has 1 aliphatic carbocycles. The van der Waals surface area contributed by atoms with E-state index in [1.54, 1.807) is 0 Å². The first-order valence-electron chi connectivity index (χ1n) is 7.79.